The van der Waals surface area contributed by atoms with Crippen LogP contribution in [-0.2, 0) is 28.6 Å². The van der Waals surface area contributed by atoms with E-state index in [1.165, 1.54) is 51.6 Å². The fourth-order valence-electron chi connectivity index (χ4n) is 11.7. The zero-order chi connectivity index (χ0) is 46.1. The van der Waals surface area contributed by atoms with Crippen molar-refractivity contribution in [1.29, 1.82) is 0 Å². The molecule has 6 amide bonds. The van der Waals surface area contributed by atoms with Gasteiger partial charge in [-0.25, -0.2) is 24.1 Å². The van der Waals surface area contributed by atoms with E-state index in [4.69, 9.17) is 14.2 Å². The van der Waals surface area contributed by atoms with Crippen molar-refractivity contribution >= 4 is 42.0 Å². The lowest BCUT2D eigenvalue weighted by atomic mass is 9.78. The van der Waals surface area contributed by atoms with Crippen LogP contribution in [0, 0.1) is 29.6 Å². The number of hydrogen-bond acceptors (Lipinski definition) is 10. The second kappa shape index (κ2) is 26.0. The van der Waals surface area contributed by atoms with Crippen molar-refractivity contribution in [1.82, 2.24) is 29.8 Å². The Morgan fingerprint density at radius 1 is 0.561 bits per heavy atom. The van der Waals surface area contributed by atoms with E-state index >= 15 is 0 Å². The van der Waals surface area contributed by atoms with Crippen LogP contribution in [0.5, 0.6) is 0 Å². The number of carbonyl (C=O) groups excluding carboxylic acids is 6. The number of nitrogens with one attached hydrogen (secondary N) is 1. The molecular weight excluding hydrogens is 843 g/mol. The number of guanidine groups is 1. The van der Waals surface area contributed by atoms with Crippen LogP contribution in [0.15, 0.2) is 4.99 Å². The van der Waals surface area contributed by atoms with Crippen molar-refractivity contribution in [3.05, 3.63) is 0 Å². The lowest BCUT2D eigenvalue weighted by Crippen LogP contribution is -2.70. The van der Waals surface area contributed by atoms with Crippen LogP contribution >= 0.6 is 0 Å². The number of alkyl carbamates (subject to hydrolysis) is 1. The summed E-state index contributed by atoms with van der Waals surface area (Å²) in [4.78, 5) is 95.0. The fourth-order valence-corrected chi connectivity index (χ4v) is 11.7. The molecule has 0 spiro atoms. The number of piperazine rings is 1. The van der Waals surface area contributed by atoms with Gasteiger partial charge in [-0.3, -0.25) is 14.9 Å². The van der Waals surface area contributed by atoms with Gasteiger partial charge in [0, 0.05) is 45.7 Å². The van der Waals surface area contributed by atoms with Gasteiger partial charge in [0.15, 0.2) is 6.04 Å². The van der Waals surface area contributed by atoms with Gasteiger partial charge < -0.3 is 33.8 Å². The zero-order valence-electron chi connectivity index (χ0n) is 40.0. The van der Waals surface area contributed by atoms with Crippen LogP contribution in [0.2, 0.25) is 0 Å². The highest BCUT2D eigenvalue weighted by atomic mass is 16.6. The van der Waals surface area contributed by atoms with E-state index in [0.29, 0.717) is 63.9 Å². The minimum absolute atomic E-state index is 0.0626. The number of likely N-dealkylation sites (tertiary alicyclic amines) is 3. The minimum Gasteiger partial charge on any atom is -0.464 e. The number of piperidine rings is 2. The molecule has 3 saturated carbocycles. The van der Waals surface area contributed by atoms with Crippen LogP contribution in [0.1, 0.15) is 161 Å². The maximum atomic E-state index is 14.2. The predicted octanol–water partition coefficient (Wildman–Crippen LogP) is 7.73. The van der Waals surface area contributed by atoms with E-state index in [-0.39, 0.29) is 50.0 Å². The highest BCUT2D eigenvalue weighted by molar-refractivity contribution is 6.08. The van der Waals surface area contributed by atoms with Gasteiger partial charge in [0.2, 0.25) is 17.8 Å². The first-order valence-electron chi connectivity index (χ1n) is 26.4. The molecule has 4 saturated heterocycles. The van der Waals surface area contributed by atoms with Crippen molar-refractivity contribution in [2.75, 3.05) is 78.7 Å². The lowest BCUT2D eigenvalue weighted by molar-refractivity contribution is -0.172. The normalized spacial score (nSPS) is 25.5. The number of ether oxygens (including phenoxy) is 3. The molecule has 7 rings (SSSR count). The standard InChI is InChI=1S/C50H81N7O9/c58-43(24-12-4-13-25-53-26-14-5-15-27-53)54-29-31-55(32-30-54)50(63)57-44(46(60)64-35-38-17-6-1-7-18-38)42(45(57)59)33-41-23-16-28-56(34-41)47(51-48(61)65-36-39-19-8-2-9-20-39)52-49(62)66-37-40-21-10-3-11-22-40/h38-42,44H,1-37H2,(H,51,52,61,62)/t41?,42-,44?/m1/s1. The summed E-state index contributed by atoms with van der Waals surface area (Å²) in [7, 11) is 0. The Morgan fingerprint density at radius 3 is 1.76 bits per heavy atom. The Bertz CT molecular complexity index is 1630. The van der Waals surface area contributed by atoms with Gasteiger partial charge in [-0.15, -0.1) is 4.99 Å². The first kappa shape index (κ1) is 49.9. The number of β-lactam (4-membered cyclic amide) rings is 1. The summed E-state index contributed by atoms with van der Waals surface area (Å²) in [6.45, 7) is 6.56. The number of unbranched alkanes of at least 4 members (excludes halogenated alkanes) is 2. The average molecular weight is 924 g/mol. The van der Waals surface area contributed by atoms with E-state index in [9.17, 15) is 28.8 Å². The van der Waals surface area contributed by atoms with Gasteiger partial charge in [0.1, 0.15) is 0 Å². The average Bonchev–Trinajstić information content (AvgIpc) is 3.36. The summed E-state index contributed by atoms with van der Waals surface area (Å²) in [6, 6.07) is -1.56. The van der Waals surface area contributed by atoms with Gasteiger partial charge in [-0.1, -0.05) is 70.6 Å². The SMILES string of the molecule is O=C(/N=C(\NC(=O)OCC1CCCCC1)N1CCCC(C[C@H]2C(=O)N(C(=O)N3CCN(C(=O)CCCCCN4CCCCC4)CC3)C2C(=O)OCC2CCCCC2)C1)OCC1CCCCC1. The number of aliphatic imine (C=N–C) groups is 1. The van der Waals surface area contributed by atoms with Crippen LogP contribution in [0.4, 0.5) is 14.4 Å². The quantitative estimate of drug-likeness (QED) is 0.0426. The van der Waals surface area contributed by atoms with E-state index in [1.807, 2.05) is 9.80 Å². The van der Waals surface area contributed by atoms with Gasteiger partial charge in [-0.05, 0) is 127 Å². The number of rotatable bonds is 15. The van der Waals surface area contributed by atoms with Gasteiger partial charge >= 0.3 is 24.2 Å². The maximum absolute atomic E-state index is 14.2. The van der Waals surface area contributed by atoms with Gasteiger partial charge in [0.25, 0.3) is 0 Å². The van der Waals surface area contributed by atoms with Crippen molar-refractivity contribution < 1.29 is 43.0 Å². The summed E-state index contributed by atoms with van der Waals surface area (Å²) in [5.74, 6) is -0.778. The number of carbonyl (C=O) groups is 6. The molecule has 4 heterocycles. The Morgan fingerprint density at radius 2 is 1.12 bits per heavy atom. The Kier molecular flexibility index (Phi) is 19.7. The molecule has 7 aliphatic rings. The molecule has 66 heavy (non-hydrogen) atoms. The maximum Gasteiger partial charge on any atom is 0.436 e. The molecule has 0 aromatic carbocycles. The molecule has 0 aromatic rings. The first-order chi connectivity index (χ1) is 32.2. The third kappa shape index (κ3) is 14.8. The smallest absolute Gasteiger partial charge is 0.436 e. The Balaban J connectivity index is 0.951. The monoisotopic (exact) mass is 924 g/mol. The van der Waals surface area contributed by atoms with Crippen LogP contribution in [0.25, 0.3) is 0 Å². The molecule has 4 aliphatic heterocycles. The molecule has 3 aliphatic carbocycles. The molecule has 2 unspecified atom stereocenters. The summed E-state index contributed by atoms with van der Waals surface area (Å²) < 4.78 is 17.2. The van der Waals surface area contributed by atoms with E-state index in [2.05, 4.69) is 15.2 Å². The topological polar surface area (TPSA) is 171 Å². The second-order valence-electron chi connectivity index (χ2n) is 20.7. The molecule has 16 heteroatoms. The van der Waals surface area contributed by atoms with E-state index < -0.39 is 42.1 Å². The first-order valence-corrected chi connectivity index (χ1v) is 26.4. The number of urea groups is 1. The zero-order valence-corrected chi connectivity index (χ0v) is 40.0. The molecule has 3 atom stereocenters. The molecule has 0 aromatic heterocycles. The summed E-state index contributed by atoms with van der Waals surface area (Å²) in [5, 5.41) is 2.76. The molecule has 0 radical (unpaired) electrons. The second-order valence-corrected chi connectivity index (χ2v) is 20.7. The third-order valence-electron chi connectivity index (χ3n) is 15.7. The summed E-state index contributed by atoms with van der Waals surface area (Å²) in [5.41, 5.74) is 0. The predicted molar refractivity (Wildman–Crippen MR) is 249 cm³/mol. The van der Waals surface area contributed by atoms with Crippen LogP contribution in [-0.4, -0.2) is 151 Å². The Labute approximate surface area is 393 Å². The summed E-state index contributed by atoms with van der Waals surface area (Å²) >= 11 is 0. The van der Waals surface area contributed by atoms with E-state index in [0.717, 1.165) is 114 Å². The summed E-state index contributed by atoms with van der Waals surface area (Å²) in [6.07, 6.45) is 24.0. The van der Waals surface area contributed by atoms with Crippen molar-refractivity contribution in [3.63, 3.8) is 0 Å². The van der Waals surface area contributed by atoms with E-state index in [1.54, 1.807) is 4.90 Å². The third-order valence-corrected chi connectivity index (χ3v) is 15.7. The molecule has 1 N–H and O–H groups in total. The molecule has 7 fully saturated rings. The fraction of sp³-hybridized carbons (Fsp3) is 0.860. The molecular formula is C50H81N7O9. The highest BCUT2D eigenvalue weighted by Gasteiger charge is 2.57. The molecule has 370 valence electrons. The lowest BCUT2D eigenvalue weighted by Gasteiger charge is -2.48. The van der Waals surface area contributed by atoms with Gasteiger partial charge in [-0.2, -0.15) is 0 Å². The van der Waals surface area contributed by atoms with Gasteiger partial charge in [0.05, 0.1) is 25.7 Å². The molecule has 16 nitrogen and oxygen atoms in total. The minimum atomic E-state index is -1.05. The van der Waals surface area contributed by atoms with Crippen molar-refractivity contribution in [3.8, 4) is 0 Å². The molecule has 0 bridgehead atoms. The number of hydrogen-bond donors (Lipinski definition) is 1. The van der Waals surface area contributed by atoms with Crippen LogP contribution < -0.4 is 5.32 Å². The van der Waals surface area contributed by atoms with Crippen molar-refractivity contribution in [2.24, 2.45) is 34.6 Å². The number of amides is 6. The number of esters is 1. The van der Waals surface area contributed by atoms with Crippen LogP contribution in [0.3, 0.4) is 0 Å². The Hall–Kier alpha value is -3.95. The number of nitrogens with zero attached hydrogens (tertiary/aromatic N) is 6. The number of imide groups is 1. The van der Waals surface area contributed by atoms with Crippen molar-refractivity contribution in [2.45, 2.75) is 167 Å². The largest absolute Gasteiger partial charge is 0.464 e. The highest BCUT2D eigenvalue weighted by Crippen LogP contribution is 2.37.